The van der Waals surface area contributed by atoms with Crippen LogP contribution in [-0.2, 0) is 9.63 Å². The van der Waals surface area contributed by atoms with Gasteiger partial charge in [0, 0.05) is 28.9 Å². The van der Waals surface area contributed by atoms with Crippen molar-refractivity contribution in [2.45, 2.75) is 6.04 Å². The molecule has 2 N–H and O–H groups in total. The lowest BCUT2D eigenvalue weighted by Crippen LogP contribution is -2.21. The van der Waals surface area contributed by atoms with Gasteiger partial charge in [-0.1, -0.05) is 18.2 Å². The van der Waals surface area contributed by atoms with Crippen molar-refractivity contribution in [3.8, 4) is 0 Å². The molecule has 0 spiro atoms. The van der Waals surface area contributed by atoms with Gasteiger partial charge in [0.05, 0.1) is 0 Å². The van der Waals surface area contributed by atoms with E-state index in [1.165, 1.54) is 0 Å². The molecular weight excluding hydrogens is 218 g/mol. The molecule has 0 radical (unpaired) electrons. The number of benzene rings is 1. The second-order valence-corrected chi connectivity index (χ2v) is 3.86. The summed E-state index contributed by atoms with van der Waals surface area (Å²) in [6.45, 7) is 0.289. The minimum atomic E-state index is -0.441. The Hall–Kier alpha value is -2.14. The minimum Gasteiger partial charge on any atom is -0.361 e. The summed E-state index contributed by atoms with van der Waals surface area (Å²) >= 11 is 0. The van der Waals surface area contributed by atoms with Crippen molar-refractivity contribution in [3.05, 3.63) is 36.0 Å². The van der Waals surface area contributed by atoms with E-state index in [9.17, 15) is 4.79 Å². The summed E-state index contributed by atoms with van der Waals surface area (Å²) in [4.78, 5) is 23.4. The summed E-state index contributed by atoms with van der Waals surface area (Å²) < 4.78 is 0. The Kier molecular flexibility index (Phi) is 2.38. The van der Waals surface area contributed by atoms with Crippen molar-refractivity contribution in [1.82, 2.24) is 10.5 Å². The highest BCUT2D eigenvalue weighted by Gasteiger charge is 2.23. The fourth-order valence-electron chi connectivity index (χ4n) is 1.82. The molecule has 1 atom stereocenters. The van der Waals surface area contributed by atoms with Gasteiger partial charge in [-0.25, -0.2) is 5.48 Å². The molecule has 2 aromatic rings. The molecule has 2 heterocycles. The molecule has 0 saturated carbocycles. The maximum atomic E-state index is 11.2. The first-order chi connectivity index (χ1) is 8.34. The normalized spacial score (nSPS) is 20.2. The molecule has 1 aromatic carbocycles. The number of H-pyrrole nitrogens is 1. The van der Waals surface area contributed by atoms with Gasteiger partial charge in [0.1, 0.15) is 6.61 Å². The molecule has 0 bridgehead atoms. The monoisotopic (exact) mass is 229 g/mol. The van der Waals surface area contributed by atoms with Crippen LogP contribution in [0.25, 0.3) is 10.9 Å². The van der Waals surface area contributed by atoms with E-state index in [2.05, 4.69) is 15.5 Å². The number of fused-ring (bicyclic) bond motifs is 1. The van der Waals surface area contributed by atoms with Crippen LogP contribution in [0.2, 0.25) is 0 Å². The van der Waals surface area contributed by atoms with Crippen LogP contribution in [0.3, 0.4) is 0 Å². The summed E-state index contributed by atoms with van der Waals surface area (Å²) in [5, 5.41) is 1.09. The highest BCUT2D eigenvalue weighted by Crippen LogP contribution is 2.16. The van der Waals surface area contributed by atoms with Crippen molar-refractivity contribution < 1.29 is 9.63 Å². The third kappa shape index (κ3) is 1.81. The minimum absolute atomic E-state index is 0.193. The van der Waals surface area contributed by atoms with Gasteiger partial charge in [0.2, 0.25) is 0 Å². The Balaban J connectivity index is 1.89. The third-order valence-electron chi connectivity index (χ3n) is 2.73. The molecule has 1 saturated heterocycles. The van der Waals surface area contributed by atoms with Crippen LogP contribution in [-0.4, -0.2) is 29.8 Å². The van der Waals surface area contributed by atoms with E-state index >= 15 is 0 Å². The first-order valence-corrected chi connectivity index (χ1v) is 5.35. The summed E-state index contributed by atoms with van der Waals surface area (Å²) in [5.41, 5.74) is 4.31. The SMILES string of the molecule is O=C1NOCC1N=Cc1c[nH]c2ccccc12. The lowest BCUT2D eigenvalue weighted by molar-refractivity contribution is -0.124. The van der Waals surface area contributed by atoms with Crippen LogP contribution in [0.5, 0.6) is 0 Å². The van der Waals surface area contributed by atoms with Gasteiger partial charge in [-0.15, -0.1) is 0 Å². The van der Waals surface area contributed by atoms with Crippen LogP contribution in [0.15, 0.2) is 35.5 Å². The van der Waals surface area contributed by atoms with Gasteiger partial charge < -0.3 is 4.98 Å². The number of rotatable bonds is 2. The van der Waals surface area contributed by atoms with Crippen molar-refractivity contribution >= 4 is 23.0 Å². The van der Waals surface area contributed by atoms with Gasteiger partial charge in [0.25, 0.3) is 5.91 Å². The quantitative estimate of drug-likeness (QED) is 0.755. The number of aromatic nitrogens is 1. The number of carbonyl (C=O) groups is 1. The van der Waals surface area contributed by atoms with E-state index in [0.29, 0.717) is 0 Å². The second-order valence-electron chi connectivity index (χ2n) is 3.86. The number of hydrogen-bond acceptors (Lipinski definition) is 3. The zero-order chi connectivity index (χ0) is 11.7. The molecule has 1 fully saturated rings. The maximum absolute atomic E-state index is 11.2. The Morgan fingerprint density at radius 1 is 1.41 bits per heavy atom. The number of nitrogens with zero attached hydrogens (tertiary/aromatic N) is 1. The Labute approximate surface area is 97.5 Å². The highest BCUT2D eigenvalue weighted by atomic mass is 16.7. The van der Waals surface area contributed by atoms with Gasteiger partial charge in [-0.2, -0.15) is 0 Å². The lowest BCUT2D eigenvalue weighted by atomic mass is 10.2. The number of aromatic amines is 1. The van der Waals surface area contributed by atoms with Gasteiger partial charge in [0.15, 0.2) is 6.04 Å². The van der Waals surface area contributed by atoms with Gasteiger partial charge >= 0.3 is 0 Å². The molecule has 17 heavy (non-hydrogen) atoms. The van der Waals surface area contributed by atoms with E-state index in [1.54, 1.807) is 6.21 Å². The Bertz CT molecular complexity index is 588. The van der Waals surface area contributed by atoms with Crippen LogP contribution >= 0.6 is 0 Å². The van der Waals surface area contributed by atoms with Crippen molar-refractivity contribution in [3.63, 3.8) is 0 Å². The fourth-order valence-corrected chi connectivity index (χ4v) is 1.82. The molecule has 0 aliphatic carbocycles. The molecule has 5 heteroatoms. The van der Waals surface area contributed by atoms with Crippen molar-refractivity contribution in [1.29, 1.82) is 0 Å². The molecular formula is C12H11N3O2. The first-order valence-electron chi connectivity index (χ1n) is 5.35. The van der Waals surface area contributed by atoms with Crippen LogP contribution in [0.1, 0.15) is 5.56 Å². The lowest BCUT2D eigenvalue weighted by Gasteiger charge is -1.95. The number of carbonyl (C=O) groups excluding carboxylic acids is 1. The van der Waals surface area contributed by atoms with E-state index in [4.69, 9.17) is 4.84 Å². The zero-order valence-electron chi connectivity index (χ0n) is 9.01. The molecule has 1 unspecified atom stereocenters. The average molecular weight is 229 g/mol. The van der Waals surface area contributed by atoms with E-state index < -0.39 is 6.04 Å². The summed E-state index contributed by atoms with van der Waals surface area (Å²) in [7, 11) is 0. The number of amides is 1. The fraction of sp³-hybridized carbons (Fsp3) is 0.167. The molecule has 1 aliphatic heterocycles. The average Bonchev–Trinajstić information content (AvgIpc) is 2.93. The summed E-state index contributed by atoms with van der Waals surface area (Å²) in [6, 6.07) is 7.51. The second kappa shape index (κ2) is 4.03. The molecule has 3 rings (SSSR count). The van der Waals surface area contributed by atoms with Gasteiger partial charge in [-0.3, -0.25) is 14.6 Å². The predicted octanol–water partition coefficient (Wildman–Crippen LogP) is 1.02. The highest BCUT2D eigenvalue weighted by molar-refractivity contribution is 5.99. The number of para-hydroxylation sites is 1. The third-order valence-corrected chi connectivity index (χ3v) is 2.73. The van der Waals surface area contributed by atoms with Gasteiger partial charge in [-0.05, 0) is 6.07 Å². The Morgan fingerprint density at radius 3 is 3.12 bits per heavy atom. The molecule has 1 aliphatic rings. The number of hydroxylamine groups is 1. The molecule has 5 nitrogen and oxygen atoms in total. The van der Waals surface area contributed by atoms with E-state index in [0.717, 1.165) is 16.5 Å². The largest absolute Gasteiger partial charge is 0.361 e. The van der Waals surface area contributed by atoms with Crippen LogP contribution in [0.4, 0.5) is 0 Å². The van der Waals surface area contributed by atoms with E-state index in [1.807, 2.05) is 30.5 Å². The van der Waals surface area contributed by atoms with Crippen molar-refractivity contribution in [2.24, 2.45) is 4.99 Å². The number of aliphatic imine (C=N–C) groups is 1. The Morgan fingerprint density at radius 2 is 2.29 bits per heavy atom. The molecule has 1 aromatic heterocycles. The van der Waals surface area contributed by atoms with Crippen LogP contribution in [0, 0.1) is 0 Å². The predicted molar refractivity (Wildman–Crippen MR) is 63.8 cm³/mol. The molecule has 1 amide bonds. The summed E-state index contributed by atoms with van der Waals surface area (Å²) in [6.07, 6.45) is 3.58. The van der Waals surface area contributed by atoms with E-state index in [-0.39, 0.29) is 12.5 Å². The maximum Gasteiger partial charge on any atom is 0.270 e. The van der Waals surface area contributed by atoms with Crippen LogP contribution < -0.4 is 5.48 Å². The van der Waals surface area contributed by atoms with Crippen molar-refractivity contribution in [2.75, 3.05) is 6.61 Å². The number of hydrogen-bond donors (Lipinski definition) is 2. The topological polar surface area (TPSA) is 66.5 Å². The number of nitrogens with one attached hydrogen (secondary N) is 2. The first kappa shape index (κ1) is 10.0. The summed E-state index contributed by atoms with van der Waals surface area (Å²) in [5.74, 6) is -0.193. The standard InChI is InChI=1S/C12H11N3O2/c16-12-11(7-17-15-12)14-6-8-5-13-10-4-2-1-3-9(8)10/h1-6,11,13H,7H2,(H,15,16). The molecule has 86 valence electrons. The zero-order valence-corrected chi connectivity index (χ0v) is 9.01. The smallest absolute Gasteiger partial charge is 0.270 e.